The number of benzene rings is 1. The van der Waals surface area contributed by atoms with Crippen LogP contribution in [0.2, 0.25) is 0 Å². The molecule has 2 aliphatic heterocycles. The third-order valence-corrected chi connectivity index (χ3v) is 7.05. The molecule has 12 heteroatoms. The fraction of sp³-hybridized carbons (Fsp3) is 0.583. The van der Waals surface area contributed by atoms with Crippen LogP contribution in [-0.2, 0) is 14.4 Å². The van der Waals surface area contributed by atoms with Crippen LogP contribution in [0, 0.1) is 29.1 Å². The number of ether oxygens (including phenoxy) is 2. The van der Waals surface area contributed by atoms with Crippen LogP contribution in [0.25, 0.3) is 0 Å². The van der Waals surface area contributed by atoms with E-state index in [4.69, 9.17) is 4.74 Å². The molecule has 2 saturated heterocycles. The fourth-order valence-electron chi connectivity index (χ4n) is 5.42. The second-order valence-corrected chi connectivity index (χ2v) is 9.36. The van der Waals surface area contributed by atoms with Crippen molar-refractivity contribution in [2.45, 2.75) is 50.6 Å². The minimum absolute atomic E-state index is 0.0260. The average Bonchev–Trinajstić information content (AvgIpc) is 3.53. The van der Waals surface area contributed by atoms with Gasteiger partial charge in [0.1, 0.15) is 23.6 Å². The van der Waals surface area contributed by atoms with Crippen LogP contribution < -0.4 is 20.1 Å². The second kappa shape index (κ2) is 10.6. The van der Waals surface area contributed by atoms with Crippen molar-refractivity contribution in [2.24, 2.45) is 17.8 Å². The number of hydrogen-bond donors (Lipinski definition) is 2. The summed E-state index contributed by atoms with van der Waals surface area (Å²) >= 11 is 0. The van der Waals surface area contributed by atoms with E-state index in [1.54, 1.807) is 0 Å². The predicted molar refractivity (Wildman–Crippen MR) is 118 cm³/mol. The molecule has 0 radical (unpaired) electrons. The van der Waals surface area contributed by atoms with E-state index < -0.39 is 42.6 Å². The highest BCUT2D eigenvalue weighted by atomic mass is 19.4. The van der Waals surface area contributed by atoms with E-state index in [1.807, 2.05) is 0 Å². The summed E-state index contributed by atoms with van der Waals surface area (Å²) in [5, 5.41) is 15.0. The van der Waals surface area contributed by atoms with E-state index in [-0.39, 0.29) is 35.8 Å². The number of alkyl halides is 3. The molecule has 3 fully saturated rings. The first kappa shape index (κ1) is 25.6. The van der Waals surface area contributed by atoms with Gasteiger partial charge in [0.05, 0.1) is 6.07 Å². The standard InChI is InChI=1S/C24H27F3N4O5/c25-24(26,27)36-18-6-4-17(5-7-18)35-13-20(32)31-12-15-2-1-3-19(15)21(31)23(34)30-16(11-28)10-14-8-9-29-22(14)33/h4-7,14-16,19,21H,1-3,8-10,12-13H2,(H,29,33)(H,30,34)/t14-,15-,16-,19-,21-/m0/s1. The highest BCUT2D eigenvalue weighted by Gasteiger charge is 2.49. The quantitative estimate of drug-likeness (QED) is 0.555. The van der Waals surface area contributed by atoms with Crippen molar-refractivity contribution in [3.8, 4) is 17.6 Å². The van der Waals surface area contributed by atoms with E-state index in [0.717, 1.165) is 31.4 Å². The summed E-state index contributed by atoms with van der Waals surface area (Å²) in [5.74, 6) is -1.40. The van der Waals surface area contributed by atoms with E-state index >= 15 is 0 Å². The zero-order valence-electron chi connectivity index (χ0n) is 19.4. The van der Waals surface area contributed by atoms with E-state index in [1.165, 1.54) is 17.0 Å². The Bertz CT molecular complexity index is 1030. The first-order chi connectivity index (χ1) is 17.1. The molecule has 3 amide bonds. The average molecular weight is 508 g/mol. The molecule has 2 N–H and O–H groups in total. The van der Waals surface area contributed by atoms with Crippen LogP contribution in [0.15, 0.2) is 24.3 Å². The van der Waals surface area contributed by atoms with Crippen molar-refractivity contribution >= 4 is 17.7 Å². The topological polar surface area (TPSA) is 121 Å². The van der Waals surface area contributed by atoms with Gasteiger partial charge in [-0.05, 0) is 61.8 Å². The van der Waals surface area contributed by atoms with Crippen molar-refractivity contribution in [3.63, 3.8) is 0 Å². The molecule has 1 aromatic rings. The van der Waals surface area contributed by atoms with Gasteiger partial charge in [-0.3, -0.25) is 14.4 Å². The number of amides is 3. The summed E-state index contributed by atoms with van der Waals surface area (Å²) in [6.45, 7) is 0.542. The number of nitrogens with zero attached hydrogens (tertiary/aromatic N) is 2. The molecular weight excluding hydrogens is 481 g/mol. The summed E-state index contributed by atoms with van der Waals surface area (Å²) in [6.07, 6.45) is -1.37. The molecular formula is C24H27F3N4O5. The lowest BCUT2D eigenvalue weighted by Gasteiger charge is -2.28. The maximum Gasteiger partial charge on any atom is 0.573 e. The molecule has 36 heavy (non-hydrogen) atoms. The molecule has 4 rings (SSSR count). The normalized spacial score (nSPS) is 26.1. The van der Waals surface area contributed by atoms with E-state index in [9.17, 15) is 32.8 Å². The van der Waals surface area contributed by atoms with Gasteiger partial charge in [0.25, 0.3) is 5.91 Å². The fourth-order valence-corrected chi connectivity index (χ4v) is 5.42. The lowest BCUT2D eigenvalue weighted by molar-refractivity contribution is -0.274. The second-order valence-electron chi connectivity index (χ2n) is 9.36. The van der Waals surface area contributed by atoms with Crippen LogP contribution in [0.1, 0.15) is 32.1 Å². The predicted octanol–water partition coefficient (Wildman–Crippen LogP) is 2.13. The van der Waals surface area contributed by atoms with Gasteiger partial charge in [-0.25, -0.2) is 0 Å². The van der Waals surface area contributed by atoms with Gasteiger partial charge in [0.2, 0.25) is 11.8 Å². The molecule has 0 aromatic heterocycles. The third kappa shape index (κ3) is 6.01. The molecule has 0 unspecified atom stereocenters. The molecule has 194 valence electrons. The Balaban J connectivity index is 1.37. The smallest absolute Gasteiger partial charge is 0.484 e. The summed E-state index contributed by atoms with van der Waals surface area (Å²) in [7, 11) is 0. The maximum atomic E-state index is 13.2. The number of hydrogen-bond acceptors (Lipinski definition) is 6. The number of likely N-dealkylation sites (tertiary alicyclic amines) is 1. The Hall–Kier alpha value is -3.49. The van der Waals surface area contributed by atoms with Crippen LogP contribution in [0.4, 0.5) is 13.2 Å². The van der Waals surface area contributed by atoms with Gasteiger partial charge in [0.15, 0.2) is 6.61 Å². The number of rotatable bonds is 8. The van der Waals surface area contributed by atoms with Gasteiger partial charge in [-0.15, -0.1) is 13.2 Å². The number of carbonyl (C=O) groups is 3. The largest absolute Gasteiger partial charge is 0.573 e. The zero-order chi connectivity index (χ0) is 25.9. The Morgan fingerprint density at radius 1 is 1.19 bits per heavy atom. The van der Waals surface area contributed by atoms with Crippen molar-refractivity contribution in [2.75, 3.05) is 19.7 Å². The van der Waals surface area contributed by atoms with Gasteiger partial charge < -0.3 is 25.0 Å². The Kier molecular flexibility index (Phi) is 7.56. The van der Waals surface area contributed by atoms with Crippen molar-refractivity contribution in [1.29, 1.82) is 5.26 Å². The molecule has 3 aliphatic rings. The Labute approximate surface area is 205 Å². The minimum atomic E-state index is -4.81. The van der Waals surface area contributed by atoms with Gasteiger partial charge in [-0.2, -0.15) is 5.26 Å². The highest BCUT2D eigenvalue weighted by Crippen LogP contribution is 2.42. The lowest BCUT2D eigenvalue weighted by atomic mass is 9.92. The van der Waals surface area contributed by atoms with Crippen LogP contribution in [-0.4, -0.2) is 60.8 Å². The van der Waals surface area contributed by atoms with Crippen molar-refractivity contribution in [3.05, 3.63) is 24.3 Å². The SMILES string of the molecule is N#C[C@H](C[C@@H]1CCNC1=O)NC(=O)[C@@H]1[C@H]2CCC[C@H]2CN1C(=O)COc1ccc(OC(F)(F)F)cc1. The van der Waals surface area contributed by atoms with Crippen molar-refractivity contribution < 1.29 is 37.0 Å². The van der Waals surface area contributed by atoms with E-state index in [0.29, 0.717) is 19.5 Å². The van der Waals surface area contributed by atoms with Gasteiger partial charge >= 0.3 is 6.36 Å². The minimum Gasteiger partial charge on any atom is -0.484 e. The molecule has 5 atom stereocenters. The first-order valence-electron chi connectivity index (χ1n) is 11.9. The first-order valence-corrected chi connectivity index (χ1v) is 11.9. The number of nitrogens with one attached hydrogen (secondary N) is 2. The maximum absolute atomic E-state index is 13.2. The molecule has 9 nitrogen and oxygen atoms in total. The number of nitriles is 1. The molecule has 2 heterocycles. The number of halogens is 3. The molecule has 1 aromatic carbocycles. The Morgan fingerprint density at radius 2 is 1.92 bits per heavy atom. The van der Waals surface area contributed by atoms with E-state index in [2.05, 4.69) is 21.4 Å². The summed E-state index contributed by atoms with van der Waals surface area (Å²) in [6, 6.07) is 5.13. The van der Waals surface area contributed by atoms with Crippen LogP contribution >= 0.6 is 0 Å². The van der Waals surface area contributed by atoms with Gasteiger partial charge in [-0.1, -0.05) is 6.42 Å². The third-order valence-electron chi connectivity index (χ3n) is 7.05. The summed E-state index contributed by atoms with van der Waals surface area (Å²) in [5.41, 5.74) is 0. The number of fused-ring (bicyclic) bond motifs is 1. The van der Waals surface area contributed by atoms with Crippen LogP contribution in [0.5, 0.6) is 11.5 Å². The molecule has 1 aliphatic carbocycles. The molecule has 0 bridgehead atoms. The molecule has 1 saturated carbocycles. The monoisotopic (exact) mass is 508 g/mol. The zero-order valence-corrected chi connectivity index (χ0v) is 19.4. The van der Waals surface area contributed by atoms with Crippen LogP contribution in [0.3, 0.4) is 0 Å². The highest BCUT2D eigenvalue weighted by molar-refractivity contribution is 5.89. The van der Waals surface area contributed by atoms with Gasteiger partial charge in [0, 0.05) is 19.0 Å². The summed E-state index contributed by atoms with van der Waals surface area (Å²) < 4.78 is 46.2. The number of carbonyl (C=O) groups excluding carboxylic acids is 3. The molecule has 0 spiro atoms. The lowest BCUT2D eigenvalue weighted by Crippen LogP contribution is -2.52. The van der Waals surface area contributed by atoms with Crippen molar-refractivity contribution in [1.82, 2.24) is 15.5 Å². The Morgan fingerprint density at radius 3 is 2.56 bits per heavy atom. The summed E-state index contributed by atoms with van der Waals surface area (Å²) in [4.78, 5) is 39.6.